The highest BCUT2D eigenvalue weighted by atomic mass is 16.5. The van der Waals surface area contributed by atoms with E-state index < -0.39 is 0 Å². The summed E-state index contributed by atoms with van der Waals surface area (Å²) < 4.78 is 5.75. The maximum absolute atomic E-state index is 12.8. The first-order valence-electron chi connectivity index (χ1n) is 9.07. The number of benzene rings is 1. The minimum Gasteiger partial charge on any atom is -0.491 e. The quantitative estimate of drug-likeness (QED) is 0.895. The largest absolute Gasteiger partial charge is 0.491 e. The van der Waals surface area contributed by atoms with Gasteiger partial charge in [-0.3, -0.25) is 4.98 Å². The van der Waals surface area contributed by atoms with Gasteiger partial charge in [0.25, 0.3) is 0 Å². The van der Waals surface area contributed by atoms with Crippen LogP contribution in [0, 0.1) is 0 Å². The van der Waals surface area contributed by atoms with Crippen molar-refractivity contribution < 1.29 is 9.53 Å². The SMILES string of the molecule is O=C(N[C@@H]1CCCN(c2cnccn2)C1)N1CCOc2ccccc2C1. The molecule has 7 nitrogen and oxygen atoms in total. The van der Waals surface area contributed by atoms with Crippen LogP contribution in [0.15, 0.2) is 42.9 Å². The molecule has 3 heterocycles. The van der Waals surface area contributed by atoms with Gasteiger partial charge < -0.3 is 19.9 Å². The minimum atomic E-state index is -0.0312. The second-order valence-corrected chi connectivity index (χ2v) is 6.68. The van der Waals surface area contributed by atoms with Gasteiger partial charge in [0.05, 0.1) is 19.3 Å². The molecule has 1 N–H and O–H groups in total. The van der Waals surface area contributed by atoms with Crippen LogP contribution in [-0.4, -0.2) is 53.2 Å². The second-order valence-electron chi connectivity index (χ2n) is 6.68. The number of ether oxygens (including phenoxy) is 1. The first kappa shape index (κ1) is 16.6. The maximum Gasteiger partial charge on any atom is 0.318 e. The fourth-order valence-corrected chi connectivity index (χ4v) is 3.52. The highest BCUT2D eigenvalue weighted by molar-refractivity contribution is 5.75. The Hall–Kier alpha value is -2.83. The number of urea groups is 1. The molecular weight excluding hydrogens is 330 g/mol. The molecule has 26 heavy (non-hydrogen) atoms. The molecule has 136 valence electrons. The monoisotopic (exact) mass is 353 g/mol. The zero-order chi connectivity index (χ0) is 17.8. The van der Waals surface area contributed by atoms with E-state index in [9.17, 15) is 4.79 Å². The summed E-state index contributed by atoms with van der Waals surface area (Å²) in [4.78, 5) is 25.3. The molecule has 2 amide bonds. The van der Waals surface area contributed by atoms with Gasteiger partial charge in [-0.1, -0.05) is 18.2 Å². The highest BCUT2D eigenvalue weighted by Gasteiger charge is 2.25. The fraction of sp³-hybridized carbons (Fsp3) is 0.421. The maximum atomic E-state index is 12.8. The number of hydrogen-bond donors (Lipinski definition) is 1. The van der Waals surface area contributed by atoms with Gasteiger partial charge in [-0.2, -0.15) is 0 Å². The molecule has 0 bridgehead atoms. The molecule has 1 atom stereocenters. The van der Waals surface area contributed by atoms with Crippen LogP contribution in [0.5, 0.6) is 5.75 Å². The van der Waals surface area contributed by atoms with Crippen LogP contribution in [0.25, 0.3) is 0 Å². The number of carbonyl (C=O) groups excluding carboxylic acids is 1. The standard InChI is InChI=1S/C19H23N5O2/c25-19(24-10-11-26-17-6-2-1-4-15(17)13-24)22-16-5-3-9-23(14-16)18-12-20-7-8-21-18/h1-2,4,6-8,12,16H,3,5,9-11,13-14H2,(H,22,25)/t16-/m1/s1. The van der Waals surface area contributed by atoms with Crippen LogP contribution < -0.4 is 15.0 Å². The van der Waals surface area contributed by atoms with Gasteiger partial charge in [0.2, 0.25) is 0 Å². The van der Waals surface area contributed by atoms with E-state index in [0.717, 1.165) is 43.1 Å². The summed E-state index contributed by atoms with van der Waals surface area (Å²) in [5, 5.41) is 3.19. The van der Waals surface area contributed by atoms with Crippen LogP contribution in [-0.2, 0) is 6.54 Å². The Kier molecular flexibility index (Phi) is 4.86. The van der Waals surface area contributed by atoms with Crippen molar-refractivity contribution in [2.24, 2.45) is 0 Å². The van der Waals surface area contributed by atoms with Crippen LogP contribution >= 0.6 is 0 Å². The van der Waals surface area contributed by atoms with Crippen LogP contribution in [0.4, 0.5) is 10.6 Å². The van der Waals surface area contributed by atoms with E-state index in [4.69, 9.17) is 4.74 Å². The summed E-state index contributed by atoms with van der Waals surface area (Å²) in [6.07, 6.45) is 7.14. The molecule has 1 saturated heterocycles. The normalized spacial score (nSPS) is 19.9. The smallest absolute Gasteiger partial charge is 0.318 e. The van der Waals surface area contributed by atoms with Gasteiger partial charge in [-0.25, -0.2) is 9.78 Å². The first-order chi connectivity index (χ1) is 12.8. The molecule has 0 saturated carbocycles. The van der Waals surface area contributed by atoms with Gasteiger partial charge in [0.1, 0.15) is 18.2 Å². The summed E-state index contributed by atoms with van der Waals surface area (Å²) >= 11 is 0. The fourth-order valence-electron chi connectivity index (χ4n) is 3.52. The van der Waals surface area contributed by atoms with Crippen molar-refractivity contribution in [3.8, 4) is 5.75 Å². The predicted octanol–water partition coefficient (Wildman–Crippen LogP) is 2.05. The van der Waals surface area contributed by atoms with Crippen molar-refractivity contribution in [1.82, 2.24) is 20.2 Å². The number of hydrogen-bond acceptors (Lipinski definition) is 5. The molecule has 0 radical (unpaired) electrons. The molecule has 0 unspecified atom stereocenters. The van der Waals surface area contributed by atoms with Crippen molar-refractivity contribution in [3.63, 3.8) is 0 Å². The molecule has 2 aliphatic rings. The average molecular weight is 353 g/mol. The number of amides is 2. The Morgan fingerprint density at radius 3 is 3.04 bits per heavy atom. The topological polar surface area (TPSA) is 70.6 Å². The third kappa shape index (κ3) is 3.71. The van der Waals surface area contributed by atoms with Crippen molar-refractivity contribution in [3.05, 3.63) is 48.4 Å². The van der Waals surface area contributed by atoms with Crippen molar-refractivity contribution in [2.75, 3.05) is 31.1 Å². The van der Waals surface area contributed by atoms with Gasteiger partial charge in [-0.15, -0.1) is 0 Å². The Balaban J connectivity index is 1.38. The summed E-state index contributed by atoms with van der Waals surface area (Å²) in [5.74, 6) is 1.73. The summed E-state index contributed by atoms with van der Waals surface area (Å²) in [6.45, 7) is 3.37. The van der Waals surface area contributed by atoms with Crippen LogP contribution in [0.3, 0.4) is 0 Å². The second kappa shape index (κ2) is 7.59. The lowest BCUT2D eigenvalue weighted by Crippen LogP contribution is -2.52. The van der Waals surface area contributed by atoms with E-state index in [1.165, 1.54) is 0 Å². The van der Waals surface area contributed by atoms with Gasteiger partial charge in [0, 0.05) is 37.1 Å². The summed E-state index contributed by atoms with van der Waals surface area (Å²) in [7, 11) is 0. The average Bonchev–Trinajstić information content (AvgIpc) is 2.91. The third-order valence-corrected chi connectivity index (χ3v) is 4.86. The lowest BCUT2D eigenvalue weighted by atomic mass is 10.1. The Morgan fingerprint density at radius 1 is 1.23 bits per heavy atom. The molecule has 1 aromatic heterocycles. The Bertz CT molecular complexity index is 755. The summed E-state index contributed by atoms with van der Waals surface area (Å²) in [6, 6.07) is 7.98. The number of piperidine rings is 1. The molecule has 1 fully saturated rings. The number of fused-ring (bicyclic) bond motifs is 1. The number of nitrogens with one attached hydrogen (secondary N) is 1. The number of rotatable bonds is 2. The predicted molar refractivity (Wildman–Crippen MR) is 98.1 cm³/mol. The molecule has 1 aromatic carbocycles. The molecule has 4 rings (SSSR count). The van der Waals surface area contributed by atoms with E-state index in [1.54, 1.807) is 18.6 Å². The molecular formula is C19H23N5O2. The van der Waals surface area contributed by atoms with E-state index in [-0.39, 0.29) is 12.1 Å². The van der Waals surface area contributed by atoms with Crippen molar-refractivity contribution >= 4 is 11.8 Å². The minimum absolute atomic E-state index is 0.0312. The Labute approximate surface area is 153 Å². The molecule has 2 aromatic rings. The van der Waals surface area contributed by atoms with E-state index in [1.807, 2.05) is 29.2 Å². The molecule has 7 heteroatoms. The summed E-state index contributed by atoms with van der Waals surface area (Å²) in [5.41, 5.74) is 1.05. The highest BCUT2D eigenvalue weighted by Crippen LogP contribution is 2.23. The van der Waals surface area contributed by atoms with Gasteiger partial charge in [0.15, 0.2) is 0 Å². The third-order valence-electron chi connectivity index (χ3n) is 4.86. The lowest BCUT2D eigenvalue weighted by molar-refractivity contribution is 0.182. The number of anilines is 1. The first-order valence-corrected chi connectivity index (χ1v) is 9.07. The van der Waals surface area contributed by atoms with E-state index in [0.29, 0.717) is 19.7 Å². The zero-order valence-corrected chi connectivity index (χ0v) is 14.7. The van der Waals surface area contributed by atoms with Gasteiger partial charge in [-0.05, 0) is 18.9 Å². The number of carbonyl (C=O) groups is 1. The molecule has 2 aliphatic heterocycles. The van der Waals surface area contributed by atoms with Gasteiger partial charge >= 0.3 is 6.03 Å². The zero-order valence-electron chi connectivity index (χ0n) is 14.7. The van der Waals surface area contributed by atoms with Crippen LogP contribution in [0.1, 0.15) is 18.4 Å². The number of aromatic nitrogens is 2. The molecule has 0 aliphatic carbocycles. The van der Waals surface area contributed by atoms with E-state index in [2.05, 4.69) is 20.2 Å². The number of nitrogens with zero attached hydrogens (tertiary/aromatic N) is 4. The van der Waals surface area contributed by atoms with Crippen LogP contribution in [0.2, 0.25) is 0 Å². The Morgan fingerprint density at radius 2 is 2.15 bits per heavy atom. The van der Waals surface area contributed by atoms with E-state index >= 15 is 0 Å². The van der Waals surface area contributed by atoms with Crippen molar-refractivity contribution in [1.29, 1.82) is 0 Å². The van der Waals surface area contributed by atoms with Crippen molar-refractivity contribution in [2.45, 2.75) is 25.4 Å². The molecule has 0 spiro atoms. The number of para-hydroxylation sites is 1. The lowest BCUT2D eigenvalue weighted by Gasteiger charge is -2.34.